The molecule has 0 amide bonds. The number of hydrogen-bond acceptors (Lipinski definition) is 8. The fourth-order valence-electron chi connectivity index (χ4n) is 17.8. The molecule has 18 aromatic carbocycles. The molecule has 0 atom stereocenters. The Morgan fingerprint density at radius 3 is 1.04 bits per heavy atom. The van der Waals surface area contributed by atoms with Gasteiger partial charge in [0.15, 0.2) is 11.6 Å². The van der Waals surface area contributed by atoms with Gasteiger partial charge in [-0.15, -0.1) is 22.7 Å². The van der Waals surface area contributed by atoms with Gasteiger partial charge in [-0.2, -0.15) is 0 Å². The van der Waals surface area contributed by atoms with Crippen LogP contribution in [0.3, 0.4) is 0 Å². The minimum absolute atomic E-state index is 0.674. The molecule has 0 aliphatic heterocycles. The standard InChI is InChI=1S/2C57H35N3S/c1-3-15-36(16-4-1)37-29-31-39(32-30-37)51-35-50(38-17-5-2-6-18-38)58-57(59-51)42-21-13-20-40(33-42)44-26-14-27-48-53-47-25-11-12-28-52(47)61-56(53)55(60-54(44)48)49-34-41-19-7-8-22-43(41)45-23-9-10-24-46(45)49;1-3-14-37(15-4-1)50-35-51(38-16-5-2-6-17-38)60-57(59-50)39-28-26-36(27-29-39)40-19-13-20-41(32-40)42-30-31-47-52(34-42)58-55(56-54(47)48-24-11-12-25-53(48)61-56)49-33-43-18-7-8-21-44(43)45-22-9-10-23-46(45)49/h2*1-35H. The highest BCUT2D eigenvalue weighted by atomic mass is 32.1. The van der Waals surface area contributed by atoms with Gasteiger partial charge in [-0.1, -0.05) is 370 Å². The van der Waals surface area contributed by atoms with E-state index in [1.54, 1.807) is 0 Å². The number of benzene rings is 18. The SMILES string of the molecule is c1ccc(-c2cc(-c3ccccc3)nc(-c3ccc(-c4cccc(-c5ccc6c(c5)nc(-c5cc7ccccc7c7ccccc57)c5sc7ccccc7c56)c4)cc3)n2)cc1.c1ccc(-c2ccc(-c3cc(-c4ccccc4)nc(-c4cccc(-c5cccc6c5nc(-c5cc7ccccc7c7ccccc57)c5sc7ccccc7c56)c4)n3)cc2)cc1. The van der Waals surface area contributed by atoms with E-state index < -0.39 is 0 Å². The highest BCUT2D eigenvalue weighted by Gasteiger charge is 2.24. The van der Waals surface area contributed by atoms with Crippen LogP contribution in [0.2, 0.25) is 0 Å². The smallest absolute Gasteiger partial charge is 0.160 e. The topological polar surface area (TPSA) is 77.3 Å². The van der Waals surface area contributed by atoms with Gasteiger partial charge in [0.1, 0.15) is 0 Å². The van der Waals surface area contributed by atoms with Gasteiger partial charge in [0.25, 0.3) is 0 Å². The maximum Gasteiger partial charge on any atom is 0.160 e. The van der Waals surface area contributed by atoms with Crippen LogP contribution in [0.4, 0.5) is 0 Å². The summed E-state index contributed by atoms with van der Waals surface area (Å²) in [6.07, 6.45) is 0. The maximum absolute atomic E-state index is 5.72. The van der Waals surface area contributed by atoms with Crippen molar-refractivity contribution in [3.05, 3.63) is 425 Å². The third-order valence-electron chi connectivity index (χ3n) is 23.7. The molecule has 8 heteroatoms. The van der Waals surface area contributed by atoms with E-state index in [0.29, 0.717) is 11.6 Å². The number of fused-ring (bicyclic) bond motifs is 16. The first kappa shape index (κ1) is 71.7. The van der Waals surface area contributed by atoms with Gasteiger partial charge in [0, 0.05) is 91.8 Å². The van der Waals surface area contributed by atoms with Crippen LogP contribution in [-0.2, 0) is 0 Å². The minimum atomic E-state index is 0.674. The van der Waals surface area contributed by atoms with Crippen molar-refractivity contribution < 1.29 is 0 Å². The van der Waals surface area contributed by atoms with Crippen LogP contribution in [0.1, 0.15) is 0 Å². The Bertz CT molecular complexity index is 8180. The molecule has 6 nitrogen and oxygen atoms in total. The Hall–Kier alpha value is -15.6. The first-order chi connectivity index (χ1) is 60.4. The second-order valence-corrected chi connectivity index (χ2v) is 33.1. The van der Waals surface area contributed by atoms with Crippen LogP contribution < -0.4 is 0 Å². The number of hydrogen-bond donors (Lipinski definition) is 0. The quantitative estimate of drug-likeness (QED) is 0.113. The summed E-state index contributed by atoms with van der Waals surface area (Å²) in [6.45, 7) is 0. The summed E-state index contributed by atoms with van der Waals surface area (Å²) in [5, 5.41) is 17.2. The molecular formula is C114H70N6S2. The van der Waals surface area contributed by atoms with Crippen molar-refractivity contribution >= 4 is 128 Å². The van der Waals surface area contributed by atoms with E-state index in [2.05, 4.69) is 376 Å². The third-order valence-corrected chi connectivity index (χ3v) is 26.1. The predicted molar refractivity (Wildman–Crippen MR) is 516 cm³/mol. The van der Waals surface area contributed by atoms with Gasteiger partial charge < -0.3 is 0 Å². The predicted octanol–water partition coefficient (Wildman–Crippen LogP) is 31.4. The van der Waals surface area contributed by atoms with Gasteiger partial charge in [0.2, 0.25) is 0 Å². The largest absolute Gasteiger partial charge is 0.246 e. The number of rotatable bonds is 12. The number of aromatic nitrogens is 6. The normalized spacial score (nSPS) is 11.6. The van der Waals surface area contributed by atoms with E-state index in [1.165, 1.54) is 99.9 Å². The van der Waals surface area contributed by atoms with Crippen molar-refractivity contribution in [2.45, 2.75) is 0 Å². The van der Waals surface area contributed by atoms with Gasteiger partial charge in [-0.05, 0) is 137 Å². The molecule has 0 N–H and O–H groups in total. The average Bonchev–Trinajstić information content (AvgIpc) is 1.56. The molecule has 0 saturated heterocycles. The Kier molecular flexibility index (Phi) is 17.9. The number of nitrogens with zero attached hydrogens (tertiary/aromatic N) is 6. The second kappa shape index (κ2) is 30.4. The van der Waals surface area contributed by atoms with Gasteiger partial charge >= 0.3 is 0 Å². The molecule has 0 aliphatic rings. The van der Waals surface area contributed by atoms with Crippen LogP contribution in [0.15, 0.2) is 425 Å². The summed E-state index contributed by atoms with van der Waals surface area (Å²) in [5.74, 6) is 1.38. The first-order valence-electron chi connectivity index (χ1n) is 41.2. The van der Waals surface area contributed by atoms with E-state index in [9.17, 15) is 0 Å². The Morgan fingerprint density at radius 1 is 0.172 bits per heavy atom. The van der Waals surface area contributed by atoms with Crippen LogP contribution in [0.5, 0.6) is 0 Å². The maximum atomic E-state index is 5.72. The van der Waals surface area contributed by atoms with Crippen molar-refractivity contribution in [3.63, 3.8) is 0 Å². The van der Waals surface area contributed by atoms with E-state index in [-0.39, 0.29) is 0 Å². The Morgan fingerprint density at radius 2 is 0.508 bits per heavy atom. The van der Waals surface area contributed by atoms with Crippen LogP contribution in [0, 0.1) is 0 Å². The van der Waals surface area contributed by atoms with Gasteiger partial charge in [0.05, 0.1) is 54.6 Å². The fourth-order valence-corrected chi connectivity index (χ4v) is 20.3. The highest BCUT2D eigenvalue weighted by Crippen LogP contribution is 2.50. The van der Waals surface area contributed by atoms with Gasteiger partial charge in [-0.25, -0.2) is 29.9 Å². The summed E-state index contributed by atoms with van der Waals surface area (Å²) in [7, 11) is 0. The molecule has 122 heavy (non-hydrogen) atoms. The zero-order valence-electron chi connectivity index (χ0n) is 65.9. The molecule has 0 unspecified atom stereocenters. The summed E-state index contributed by atoms with van der Waals surface area (Å²) < 4.78 is 4.95. The molecule has 0 fully saturated rings. The van der Waals surface area contributed by atoms with Crippen LogP contribution in [0.25, 0.3) is 240 Å². The molecule has 24 aromatic rings. The van der Waals surface area contributed by atoms with Crippen molar-refractivity contribution in [2.75, 3.05) is 0 Å². The molecule has 6 aromatic heterocycles. The van der Waals surface area contributed by atoms with E-state index in [0.717, 1.165) is 128 Å². The molecular weight excluding hydrogens is 1520 g/mol. The third kappa shape index (κ3) is 13.0. The highest BCUT2D eigenvalue weighted by molar-refractivity contribution is 7.27. The molecule has 0 bridgehead atoms. The zero-order chi connectivity index (χ0) is 80.6. The Labute approximate surface area is 712 Å². The first-order valence-corrected chi connectivity index (χ1v) is 42.8. The number of para-hydroxylation sites is 1. The number of pyridine rings is 2. The monoisotopic (exact) mass is 1590 g/mol. The molecule has 24 rings (SSSR count). The van der Waals surface area contributed by atoms with Crippen LogP contribution in [-0.4, -0.2) is 29.9 Å². The summed E-state index contributed by atoms with van der Waals surface area (Å²) in [4.78, 5) is 31.9. The van der Waals surface area contributed by atoms with Crippen molar-refractivity contribution in [2.24, 2.45) is 0 Å². The molecule has 6 heterocycles. The molecule has 0 aliphatic carbocycles. The van der Waals surface area contributed by atoms with E-state index in [1.807, 2.05) is 71.2 Å². The Balaban J connectivity index is 0.000000142. The van der Waals surface area contributed by atoms with Crippen LogP contribution >= 0.6 is 22.7 Å². The van der Waals surface area contributed by atoms with Crippen molar-refractivity contribution in [1.29, 1.82) is 0 Å². The van der Waals surface area contributed by atoms with Crippen molar-refractivity contribution in [1.82, 2.24) is 29.9 Å². The lowest BCUT2D eigenvalue weighted by molar-refractivity contribution is 1.18. The summed E-state index contributed by atoms with van der Waals surface area (Å²) in [5.41, 5.74) is 25.0. The summed E-state index contributed by atoms with van der Waals surface area (Å²) >= 11 is 3.67. The fraction of sp³-hybridized carbons (Fsp3) is 0. The minimum Gasteiger partial charge on any atom is -0.246 e. The van der Waals surface area contributed by atoms with E-state index >= 15 is 0 Å². The second-order valence-electron chi connectivity index (χ2n) is 31.0. The zero-order valence-corrected chi connectivity index (χ0v) is 67.5. The van der Waals surface area contributed by atoms with Gasteiger partial charge in [-0.3, -0.25) is 0 Å². The molecule has 0 spiro atoms. The molecule has 568 valence electrons. The van der Waals surface area contributed by atoms with Crippen molar-refractivity contribution in [3.8, 4) is 135 Å². The van der Waals surface area contributed by atoms with E-state index in [4.69, 9.17) is 29.9 Å². The lowest BCUT2D eigenvalue weighted by atomic mass is 9.93. The number of thiophene rings is 2. The molecule has 0 saturated carbocycles. The average molecular weight is 1590 g/mol. The lowest BCUT2D eigenvalue weighted by Crippen LogP contribution is -1.96. The summed E-state index contributed by atoms with van der Waals surface area (Å²) in [6, 6.07) is 151. The lowest BCUT2D eigenvalue weighted by Gasteiger charge is -2.15. The molecule has 0 radical (unpaired) electrons.